The van der Waals surface area contributed by atoms with Gasteiger partial charge in [-0.3, -0.25) is 9.59 Å². The van der Waals surface area contributed by atoms with Crippen molar-refractivity contribution in [3.05, 3.63) is 54.1 Å². The first-order chi connectivity index (χ1) is 15.9. The quantitative estimate of drug-likeness (QED) is 0.475. The Morgan fingerprint density at radius 2 is 1.56 bits per heavy atom. The van der Waals surface area contributed by atoms with E-state index >= 15 is 0 Å². The third-order valence-electron chi connectivity index (χ3n) is 4.65. The van der Waals surface area contributed by atoms with Crippen LogP contribution in [0.5, 0.6) is 5.75 Å². The number of carbonyl (C=O) groups excluding carboxylic acids is 3. The van der Waals surface area contributed by atoms with Crippen LogP contribution in [0.4, 0.5) is 16.2 Å². The minimum absolute atomic E-state index is 0.0793. The molecule has 0 bridgehead atoms. The number of amides is 3. The van der Waals surface area contributed by atoms with E-state index in [4.69, 9.17) is 9.47 Å². The van der Waals surface area contributed by atoms with Crippen molar-refractivity contribution in [1.82, 2.24) is 5.32 Å². The summed E-state index contributed by atoms with van der Waals surface area (Å²) in [6.45, 7) is 11.3. The molecule has 0 aromatic heterocycles. The lowest BCUT2D eigenvalue weighted by Crippen LogP contribution is -2.34. The van der Waals surface area contributed by atoms with Gasteiger partial charge < -0.3 is 25.4 Å². The topological polar surface area (TPSA) is 106 Å². The maximum absolute atomic E-state index is 12.7. The summed E-state index contributed by atoms with van der Waals surface area (Å²) >= 11 is 0. The van der Waals surface area contributed by atoms with E-state index in [-0.39, 0.29) is 30.7 Å². The highest BCUT2D eigenvalue weighted by Crippen LogP contribution is 2.27. The number of benzene rings is 2. The van der Waals surface area contributed by atoms with Crippen molar-refractivity contribution in [3.63, 3.8) is 0 Å². The normalized spacial score (nSPS) is 12.0. The fraction of sp³-hybridized carbons (Fsp3) is 0.423. The van der Waals surface area contributed by atoms with Crippen molar-refractivity contribution in [1.29, 1.82) is 0 Å². The molecular weight excluding hydrogens is 434 g/mol. The molecule has 3 N–H and O–H groups in total. The van der Waals surface area contributed by atoms with E-state index in [0.29, 0.717) is 17.1 Å². The van der Waals surface area contributed by atoms with Crippen LogP contribution in [-0.2, 0) is 14.3 Å². The first-order valence-corrected chi connectivity index (χ1v) is 11.4. The molecule has 0 aliphatic carbocycles. The van der Waals surface area contributed by atoms with E-state index in [9.17, 15) is 14.4 Å². The van der Waals surface area contributed by atoms with Gasteiger partial charge in [-0.25, -0.2) is 4.79 Å². The summed E-state index contributed by atoms with van der Waals surface area (Å²) in [4.78, 5) is 36.5. The molecule has 8 nitrogen and oxygen atoms in total. The lowest BCUT2D eigenvalue weighted by Gasteiger charge is -2.19. The molecule has 2 aromatic rings. The summed E-state index contributed by atoms with van der Waals surface area (Å²) in [5, 5.41) is 8.11. The molecule has 3 amide bonds. The van der Waals surface area contributed by atoms with Crippen LogP contribution in [0, 0.1) is 0 Å². The highest BCUT2D eigenvalue weighted by Gasteiger charge is 2.18. The first kappa shape index (κ1) is 26.7. The second-order valence-corrected chi connectivity index (χ2v) is 9.25. The van der Waals surface area contributed by atoms with Crippen molar-refractivity contribution in [3.8, 4) is 5.75 Å². The predicted molar refractivity (Wildman–Crippen MR) is 133 cm³/mol. The van der Waals surface area contributed by atoms with Gasteiger partial charge in [0, 0.05) is 24.3 Å². The minimum atomic E-state index is -0.711. The number of carbonyl (C=O) groups is 3. The maximum Gasteiger partial charge on any atom is 0.407 e. The first-order valence-electron chi connectivity index (χ1n) is 11.4. The van der Waals surface area contributed by atoms with Gasteiger partial charge in [-0.15, -0.1) is 0 Å². The third-order valence-corrected chi connectivity index (χ3v) is 4.65. The molecule has 0 aliphatic heterocycles. The lowest BCUT2D eigenvalue weighted by atomic mass is 10.0. The fourth-order valence-corrected chi connectivity index (χ4v) is 3.04. The number of para-hydroxylation sites is 1. The number of hydrogen-bond acceptors (Lipinski definition) is 5. The number of rotatable bonds is 9. The molecule has 2 aromatic carbocycles. The van der Waals surface area contributed by atoms with E-state index in [0.717, 1.165) is 5.56 Å². The number of hydrogen-bond donors (Lipinski definition) is 3. The summed E-state index contributed by atoms with van der Waals surface area (Å²) in [7, 11) is 0. The Balaban J connectivity index is 1.87. The molecule has 0 aliphatic rings. The van der Waals surface area contributed by atoms with Gasteiger partial charge in [0.2, 0.25) is 5.91 Å². The highest BCUT2D eigenvalue weighted by molar-refractivity contribution is 5.96. The van der Waals surface area contributed by atoms with Gasteiger partial charge in [0.15, 0.2) is 6.10 Å². The molecule has 0 heterocycles. The summed E-state index contributed by atoms with van der Waals surface area (Å²) in [5.74, 6) is 0.373. The second-order valence-electron chi connectivity index (χ2n) is 9.25. The molecule has 1 atom stereocenters. The average Bonchev–Trinajstić information content (AvgIpc) is 2.72. The van der Waals surface area contributed by atoms with Gasteiger partial charge in [-0.05, 0) is 63.4 Å². The third kappa shape index (κ3) is 9.13. The molecule has 2 rings (SSSR count). The van der Waals surface area contributed by atoms with Crippen molar-refractivity contribution >= 4 is 29.3 Å². The standard InChI is InChI=1S/C26H35N3O5/c1-17(2)21-12-7-8-13-22(21)33-18(3)24(31)29-20-11-9-10-19(16-20)28-23(30)14-15-27-25(32)34-26(4,5)6/h7-13,16-18H,14-15H2,1-6H3,(H,27,32)(H,28,30)(H,29,31). The zero-order chi connectivity index (χ0) is 25.3. The van der Waals surface area contributed by atoms with Crippen LogP contribution in [0.25, 0.3) is 0 Å². The van der Waals surface area contributed by atoms with Crippen molar-refractivity contribution < 1.29 is 23.9 Å². The smallest absolute Gasteiger partial charge is 0.407 e. The molecule has 1 unspecified atom stereocenters. The lowest BCUT2D eigenvalue weighted by molar-refractivity contribution is -0.122. The van der Waals surface area contributed by atoms with Crippen molar-refractivity contribution in [2.75, 3.05) is 17.2 Å². The molecule has 0 radical (unpaired) electrons. The minimum Gasteiger partial charge on any atom is -0.481 e. The Kier molecular flexibility index (Phi) is 9.47. The monoisotopic (exact) mass is 469 g/mol. The molecule has 0 spiro atoms. The van der Waals surface area contributed by atoms with Gasteiger partial charge in [0.25, 0.3) is 5.91 Å². The van der Waals surface area contributed by atoms with Crippen molar-refractivity contribution in [2.45, 2.75) is 65.6 Å². The number of anilines is 2. The zero-order valence-corrected chi connectivity index (χ0v) is 20.7. The summed E-state index contributed by atoms with van der Waals surface area (Å²) in [5.41, 5.74) is 1.49. The number of alkyl carbamates (subject to hydrolysis) is 1. The largest absolute Gasteiger partial charge is 0.481 e. The van der Waals surface area contributed by atoms with E-state index in [2.05, 4.69) is 29.8 Å². The van der Waals surface area contributed by atoms with Crippen molar-refractivity contribution in [2.24, 2.45) is 0 Å². The molecule has 184 valence electrons. The van der Waals surface area contributed by atoms with Crippen LogP contribution in [0.1, 0.15) is 59.4 Å². The summed E-state index contributed by atoms with van der Waals surface area (Å²) < 4.78 is 11.0. The van der Waals surface area contributed by atoms with Crippen LogP contribution in [0.3, 0.4) is 0 Å². The van der Waals surface area contributed by atoms with Gasteiger partial charge in [0.1, 0.15) is 11.4 Å². The molecule has 8 heteroatoms. The molecule has 0 saturated carbocycles. The molecular formula is C26H35N3O5. The summed E-state index contributed by atoms with van der Waals surface area (Å²) in [6.07, 6.45) is -1.20. The van der Waals surface area contributed by atoms with Crippen LogP contribution < -0.4 is 20.7 Å². The van der Waals surface area contributed by atoms with Crippen LogP contribution in [-0.4, -0.2) is 36.2 Å². The molecule has 34 heavy (non-hydrogen) atoms. The van der Waals surface area contributed by atoms with Gasteiger partial charge in [0.05, 0.1) is 0 Å². The Morgan fingerprint density at radius 1 is 0.912 bits per heavy atom. The highest BCUT2D eigenvalue weighted by atomic mass is 16.6. The Hall–Kier alpha value is -3.55. The van der Waals surface area contributed by atoms with Crippen LogP contribution in [0.15, 0.2) is 48.5 Å². The number of ether oxygens (including phenoxy) is 2. The maximum atomic E-state index is 12.7. The van der Waals surface area contributed by atoms with Crippen LogP contribution in [0.2, 0.25) is 0 Å². The van der Waals surface area contributed by atoms with E-state index in [1.54, 1.807) is 52.0 Å². The average molecular weight is 470 g/mol. The number of nitrogens with one attached hydrogen (secondary N) is 3. The zero-order valence-electron chi connectivity index (χ0n) is 20.7. The molecule has 0 saturated heterocycles. The Bertz CT molecular complexity index is 998. The predicted octanol–water partition coefficient (Wildman–Crippen LogP) is 5.07. The van der Waals surface area contributed by atoms with E-state index in [1.807, 2.05) is 24.3 Å². The van der Waals surface area contributed by atoms with Gasteiger partial charge in [-0.2, -0.15) is 0 Å². The second kappa shape index (κ2) is 12.1. The van der Waals surface area contributed by atoms with Gasteiger partial charge >= 0.3 is 6.09 Å². The van der Waals surface area contributed by atoms with E-state index in [1.165, 1.54) is 0 Å². The Morgan fingerprint density at radius 3 is 2.21 bits per heavy atom. The molecule has 0 fully saturated rings. The van der Waals surface area contributed by atoms with Gasteiger partial charge in [-0.1, -0.05) is 38.1 Å². The Labute approximate surface area is 201 Å². The van der Waals surface area contributed by atoms with Crippen LogP contribution >= 0.6 is 0 Å². The van der Waals surface area contributed by atoms with E-state index < -0.39 is 17.8 Å². The SMILES string of the molecule is CC(Oc1ccccc1C(C)C)C(=O)Nc1cccc(NC(=O)CCNC(=O)OC(C)(C)C)c1. The fourth-order valence-electron chi connectivity index (χ4n) is 3.04. The summed E-state index contributed by atoms with van der Waals surface area (Å²) in [6, 6.07) is 14.5.